The minimum absolute atomic E-state index is 0.0233. The Morgan fingerprint density at radius 3 is 2.52 bits per heavy atom. The molecule has 1 fully saturated rings. The van der Waals surface area contributed by atoms with Gasteiger partial charge in [-0.3, -0.25) is 0 Å². The summed E-state index contributed by atoms with van der Waals surface area (Å²) in [5.41, 5.74) is -0.0621. The van der Waals surface area contributed by atoms with Gasteiger partial charge in [-0.25, -0.2) is 9.59 Å². The van der Waals surface area contributed by atoms with Crippen LogP contribution in [0.1, 0.15) is 37.0 Å². The van der Waals surface area contributed by atoms with E-state index in [-0.39, 0.29) is 16.8 Å². The average molecular weight is 292 g/mol. The van der Waals surface area contributed by atoms with Crippen molar-refractivity contribution in [3.63, 3.8) is 0 Å². The monoisotopic (exact) mass is 292 g/mol. The van der Waals surface area contributed by atoms with Gasteiger partial charge in [0.2, 0.25) is 0 Å². The van der Waals surface area contributed by atoms with Crippen LogP contribution in [0.4, 0.5) is 10.5 Å². The summed E-state index contributed by atoms with van der Waals surface area (Å²) in [5.74, 6) is -0.140. The van der Waals surface area contributed by atoms with Crippen LogP contribution in [0.5, 0.6) is 5.75 Å². The summed E-state index contributed by atoms with van der Waals surface area (Å²) in [6.07, 6.45) is 2.21. The normalized spacial score (nSPS) is 14.4. The zero-order chi connectivity index (χ0) is 15.6. The van der Waals surface area contributed by atoms with Crippen molar-refractivity contribution in [2.24, 2.45) is 5.92 Å². The molecule has 3 N–H and O–H groups in total. The van der Waals surface area contributed by atoms with E-state index in [1.165, 1.54) is 19.2 Å². The van der Waals surface area contributed by atoms with Gasteiger partial charge in [0.25, 0.3) is 0 Å². The van der Waals surface area contributed by atoms with E-state index in [9.17, 15) is 9.59 Å². The van der Waals surface area contributed by atoms with E-state index in [4.69, 9.17) is 9.84 Å². The lowest BCUT2D eigenvalue weighted by molar-refractivity contribution is 0.0698. The van der Waals surface area contributed by atoms with Crippen LogP contribution in [0.25, 0.3) is 0 Å². The topological polar surface area (TPSA) is 87.7 Å². The number of benzene rings is 1. The number of rotatable bonds is 5. The van der Waals surface area contributed by atoms with Gasteiger partial charge in [-0.1, -0.05) is 0 Å². The van der Waals surface area contributed by atoms with Crippen molar-refractivity contribution in [2.75, 3.05) is 12.4 Å². The van der Waals surface area contributed by atoms with Crippen LogP contribution in [0, 0.1) is 5.92 Å². The second-order valence-electron chi connectivity index (χ2n) is 5.79. The van der Waals surface area contributed by atoms with Crippen LogP contribution < -0.4 is 15.4 Å². The Balaban J connectivity index is 2.13. The fourth-order valence-corrected chi connectivity index (χ4v) is 2.29. The first-order valence-corrected chi connectivity index (χ1v) is 6.84. The third-order valence-corrected chi connectivity index (χ3v) is 3.74. The highest BCUT2D eigenvalue weighted by Crippen LogP contribution is 2.39. The molecule has 1 aromatic carbocycles. The number of ether oxygens (including phenoxy) is 1. The molecule has 1 aromatic rings. The van der Waals surface area contributed by atoms with Crippen LogP contribution >= 0.6 is 0 Å². The van der Waals surface area contributed by atoms with Crippen molar-refractivity contribution in [1.82, 2.24) is 5.32 Å². The lowest BCUT2D eigenvalue weighted by Crippen LogP contribution is -2.47. The molecule has 2 amide bonds. The molecule has 0 radical (unpaired) electrons. The largest absolute Gasteiger partial charge is 0.497 e. The standard InChI is InChI=1S/C15H20N2O4/c1-15(2,9-4-5-9)17-14(20)16-12-8-10(21-3)6-7-11(12)13(18)19/h6-9H,4-5H2,1-3H3,(H,18,19)(H2,16,17,20). The molecule has 1 aliphatic rings. The Morgan fingerprint density at radius 2 is 2.00 bits per heavy atom. The van der Waals surface area contributed by atoms with E-state index >= 15 is 0 Å². The average Bonchev–Trinajstić information content (AvgIpc) is 3.21. The molecule has 0 saturated heterocycles. The van der Waals surface area contributed by atoms with Gasteiger partial charge in [0.05, 0.1) is 18.4 Å². The van der Waals surface area contributed by atoms with Crippen LogP contribution in [-0.4, -0.2) is 29.8 Å². The number of hydrogen-bond donors (Lipinski definition) is 3. The van der Waals surface area contributed by atoms with E-state index in [0.29, 0.717) is 11.7 Å². The molecule has 0 heterocycles. The van der Waals surface area contributed by atoms with Crippen LogP contribution in [0.15, 0.2) is 18.2 Å². The molecule has 0 atom stereocenters. The third-order valence-electron chi connectivity index (χ3n) is 3.74. The number of urea groups is 1. The second kappa shape index (κ2) is 5.63. The lowest BCUT2D eigenvalue weighted by atomic mass is 9.99. The molecule has 0 unspecified atom stereocenters. The van der Waals surface area contributed by atoms with Gasteiger partial charge in [0.15, 0.2) is 0 Å². The first kappa shape index (κ1) is 15.2. The van der Waals surface area contributed by atoms with E-state index in [0.717, 1.165) is 12.8 Å². The first-order chi connectivity index (χ1) is 9.83. The fourth-order valence-electron chi connectivity index (χ4n) is 2.29. The SMILES string of the molecule is COc1ccc(C(=O)O)c(NC(=O)NC(C)(C)C2CC2)c1. The summed E-state index contributed by atoms with van der Waals surface area (Å²) >= 11 is 0. The van der Waals surface area contributed by atoms with Gasteiger partial charge >= 0.3 is 12.0 Å². The minimum Gasteiger partial charge on any atom is -0.497 e. The highest BCUT2D eigenvalue weighted by atomic mass is 16.5. The number of hydrogen-bond acceptors (Lipinski definition) is 3. The highest BCUT2D eigenvalue weighted by molar-refractivity contribution is 6.00. The molecule has 0 aromatic heterocycles. The highest BCUT2D eigenvalue weighted by Gasteiger charge is 2.38. The molecular formula is C15H20N2O4. The van der Waals surface area contributed by atoms with Gasteiger partial charge in [-0.15, -0.1) is 0 Å². The third kappa shape index (κ3) is 3.65. The lowest BCUT2D eigenvalue weighted by Gasteiger charge is -2.26. The summed E-state index contributed by atoms with van der Waals surface area (Å²) in [7, 11) is 1.48. The maximum Gasteiger partial charge on any atom is 0.337 e. The van der Waals surface area contributed by atoms with E-state index < -0.39 is 12.0 Å². The maximum atomic E-state index is 12.1. The Labute approximate surface area is 123 Å². The number of anilines is 1. The predicted octanol–water partition coefficient (Wildman–Crippen LogP) is 2.70. The quantitative estimate of drug-likeness (QED) is 0.778. The fraction of sp³-hybridized carbons (Fsp3) is 0.467. The predicted molar refractivity (Wildman–Crippen MR) is 78.9 cm³/mol. The number of carboxylic acids is 1. The maximum absolute atomic E-state index is 12.1. The molecule has 21 heavy (non-hydrogen) atoms. The van der Waals surface area contributed by atoms with E-state index in [1.54, 1.807) is 6.07 Å². The number of amides is 2. The van der Waals surface area contributed by atoms with Crippen LogP contribution in [0.2, 0.25) is 0 Å². The van der Waals surface area contributed by atoms with E-state index in [2.05, 4.69) is 10.6 Å². The summed E-state index contributed by atoms with van der Waals surface area (Å²) in [4.78, 5) is 23.3. The Morgan fingerprint density at radius 1 is 1.33 bits per heavy atom. The molecule has 0 aliphatic heterocycles. The summed E-state index contributed by atoms with van der Waals surface area (Å²) in [6.45, 7) is 3.93. The Bertz CT molecular complexity index is 565. The van der Waals surface area contributed by atoms with Gasteiger partial charge < -0.3 is 20.5 Å². The number of methoxy groups -OCH3 is 1. The first-order valence-electron chi connectivity index (χ1n) is 6.84. The van der Waals surface area contributed by atoms with Crippen LogP contribution in [0.3, 0.4) is 0 Å². The van der Waals surface area contributed by atoms with Gasteiger partial charge in [0.1, 0.15) is 5.75 Å². The smallest absolute Gasteiger partial charge is 0.337 e. The summed E-state index contributed by atoms with van der Waals surface area (Å²) in [5, 5.41) is 14.6. The van der Waals surface area contributed by atoms with Crippen LogP contribution in [-0.2, 0) is 0 Å². The van der Waals surface area contributed by atoms with Crippen molar-refractivity contribution in [1.29, 1.82) is 0 Å². The van der Waals surface area contributed by atoms with Gasteiger partial charge in [-0.05, 0) is 44.7 Å². The molecular weight excluding hydrogens is 272 g/mol. The minimum atomic E-state index is -1.10. The number of nitrogens with one attached hydrogen (secondary N) is 2. The molecule has 1 saturated carbocycles. The molecule has 2 rings (SSSR count). The summed E-state index contributed by atoms with van der Waals surface area (Å²) < 4.78 is 5.06. The number of carbonyl (C=O) groups is 2. The Hall–Kier alpha value is -2.24. The number of carboxylic acid groups (broad SMARTS) is 1. The van der Waals surface area contributed by atoms with Crippen molar-refractivity contribution in [2.45, 2.75) is 32.2 Å². The number of carbonyl (C=O) groups excluding carboxylic acids is 1. The molecule has 1 aliphatic carbocycles. The van der Waals surface area contributed by atoms with Gasteiger partial charge in [-0.2, -0.15) is 0 Å². The Kier molecular flexibility index (Phi) is 4.06. The second-order valence-corrected chi connectivity index (χ2v) is 5.79. The van der Waals surface area contributed by atoms with Crippen molar-refractivity contribution in [3.8, 4) is 5.75 Å². The summed E-state index contributed by atoms with van der Waals surface area (Å²) in [6, 6.07) is 4.03. The molecule has 0 spiro atoms. The van der Waals surface area contributed by atoms with Crippen molar-refractivity contribution in [3.05, 3.63) is 23.8 Å². The van der Waals surface area contributed by atoms with Crippen molar-refractivity contribution < 1.29 is 19.4 Å². The van der Waals surface area contributed by atoms with Gasteiger partial charge in [0, 0.05) is 11.6 Å². The molecule has 114 valence electrons. The zero-order valence-corrected chi connectivity index (χ0v) is 12.4. The molecule has 6 heteroatoms. The van der Waals surface area contributed by atoms with Crippen molar-refractivity contribution >= 4 is 17.7 Å². The molecule has 6 nitrogen and oxygen atoms in total. The zero-order valence-electron chi connectivity index (χ0n) is 12.4. The van der Waals surface area contributed by atoms with E-state index in [1.807, 2.05) is 13.8 Å². The molecule has 0 bridgehead atoms. The number of aromatic carboxylic acids is 1.